The molecule has 0 heterocycles. The van der Waals surface area contributed by atoms with E-state index in [0.29, 0.717) is 0 Å². The van der Waals surface area contributed by atoms with Gasteiger partial charge in [-0.2, -0.15) is 16.8 Å². The second kappa shape index (κ2) is 24.5. The molecule has 0 fully saturated rings. The van der Waals surface area contributed by atoms with Gasteiger partial charge in [0.15, 0.2) is 0 Å². The summed E-state index contributed by atoms with van der Waals surface area (Å²) in [6.45, 7) is 3.92. The Hall–Kier alpha value is -0.260. The normalized spacial score (nSPS) is 14.1. The van der Waals surface area contributed by atoms with Crippen LogP contribution in [0.4, 0.5) is 0 Å². The molecule has 0 amide bonds. The van der Waals surface area contributed by atoms with E-state index in [1.807, 2.05) is 0 Å². The van der Waals surface area contributed by atoms with E-state index in [4.69, 9.17) is 9.47 Å². The summed E-state index contributed by atoms with van der Waals surface area (Å²) in [7, 11) is -9.54. The molecule has 0 aliphatic carbocycles. The maximum absolute atomic E-state index is 11.9. The molecule has 0 aromatic heterocycles. The third-order valence-electron chi connectivity index (χ3n) is 7.03. The molecule has 0 saturated carbocycles. The monoisotopic (exact) mass is 586 g/mol. The number of unbranched alkanes of at least 4 members (excludes halogenated alkanes) is 18. The highest BCUT2D eigenvalue weighted by atomic mass is 32.2. The minimum Gasteiger partial charge on any atom is -0.380 e. The minimum absolute atomic E-state index is 0.264. The maximum atomic E-state index is 11.9. The Kier molecular flexibility index (Phi) is 24.4. The van der Waals surface area contributed by atoms with Gasteiger partial charge in [-0.15, -0.1) is 0 Å². The van der Waals surface area contributed by atoms with Gasteiger partial charge in [-0.3, -0.25) is 9.11 Å². The molecule has 0 aromatic rings. The Balaban J connectivity index is 4.22. The van der Waals surface area contributed by atoms with Gasteiger partial charge in [0.1, 0.15) is 10.5 Å². The lowest BCUT2D eigenvalue weighted by atomic mass is 10.1. The van der Waals surface area contributed by atoms with Crippen LogP contribution in [0.2, 0.25) is 0 Å². The van der Waals surface area contributed by atoms with Crippen molar-refractivity contribution in [2.75, 3.05) is 26.4 Å². The fourth-order valence-corrected chi connectivity index (χ4v) is 6.86. The van der Waals surface area contributed by atoms with E-state index in [9.17, 15) is 25.9 Å². The Morgan fingerprint density at radius 3 is 0.921 bits per heavy atom. The van der Waals surface area contributed by atoms with E-state index in [-0.39, 0.29) is 13.2 Å². The number of hydrogen-bond acceptors (Lipinski definition) is 6. The summed E-state index contributed by atoms with van der Waals surface area (Å²) in [6, 6.07) is 0. The van der Waals surface area contributed by atoms with E-state index in [2.05, 4.69) is 13.8 Å². The second-order valence-electron chi connectivity index (χ2n) is 10.6. The summed E-state index contributed by atoms with van der Waals surface area (Å²) >= 11 is 0. The number of hydrogen-bond donors (Lipinski definition) is 2. The minimum atomic E-state index is -4.77. The average Bonchev–Trinajstić information content (AvgIpc) is 2.84. The third kappa shape index (κ3) is 22.5. The third-order valence-corrected chi connectivity index (χ3v) is 9.66. The van der Waals surface area contributed by atoms with E-state index in [1.54, 1.807) is 0 Å². The fraction of sp³-hybridized carbons (Fsp3) is 1.00. The molecule has 0 bridgehead atoms. The Morgan fingerprint density at radius 1 is 0.447 bits per heavy atom. The largest absolute Gasteiger partial charge is 0.380 e. The van der Waals surface area contributed by atoms with Gasteiger partial charge < -0.3 is 9.47 Å². The molecule has 2 atom stereocenters. The molecule has 2 N–H and O–H groups in total. The molecule has 10 heteroatoms. The molecule has 230 valence electrons. The van der Waals surface area contributed by atoms with Gasteiger partial charge in [-0.05, 0) is 12.8 Å². The zero-order valence-corrected chi connectivity index (χ0v) is 25.9. The summed E-state index contributed by atoms with van der Waals surface area (Å²) in [5, 5.41) is -3.60. The summed E-state index contributed by atoms with van der Waals surface area (Å²) < 4.78 is 77.8. The molecular formula is C28H58O8S2. The Morgan fingerprint density at radius 2 is 0.684 bits per heavy atom. The van der Waals surface area contributed by atoms with Crippen molar-refractivity contribution >= 4 is 20.2 Å². The Bertz CT molecular complexity index is 663. The van der Waals surface area contributed by atoms with Crippen LogP contribution in [0.25, 0.3) is 0 Å². The van der Waals surface area contributed by atoms with Crippen LogP contribution in [0.3, 0.4) is 0 Å². The van der Waals surface area contributed by atoms with Crippen LogP contribution >= 0.6 is 0 Å². The zero-order chi connectivity index (χ0) is 28.5. The molecular weight excluding hydrogens is 528 g/mol. The first-order chi connectivity index (χ1) is 18.1. The van der Waals surface area contributed by atoms with Crippen LogP contribution in [0.5, 0.6) is 0 Å². The molecule has 0 saturated heterocycles. The van der Waals surface area contributed by atoms with Gasteiger partial charge in [-0.25, -0.2) is 0 Å². The predicted octanol–water partition coefficient (Wildman–Crippen LogP) is 7.37. The quantitative estimate of drug-likeness (QED) is 0.0687. The van der Waals surface area contributed by atoms with Crippen molar-refractivity contribution in [3.63, 3.8) is 0 Å². The highest BCUT2D eigenvalue weighted by Crippen LogP contribution is 2.16. The topological polar surface area (TPSA) is 127 Å². The maximum Gasteiger partial charge on any atom is 0.271 e. The average molecular weight is 587 g/mol. The first-order valence-corrected chi connectivity index (χ1v) is 18.2. The lowest BCUT2D eigenvalue weighted by molar-refractivity contribution is 0.0992. The highest BCUT2D eigenvalue weighted by molar-refractivity contribution is 7.90. The van der Waals surface area contributed by atoms with Crippen LogP contribution in [0.1, 0.15) is 142 Å². The summed E-state index contributed by atoms with van der Waals surface area (Å²) in [5.74, 6) is 0. The van der Waals surface area contributed by atoms with Gasteiger partial charge >= 0.3 is 0 Å². The molecule has 8 nitrogen and oxygen atoms in total. The van der Waals surface area contributed by atoms with Crippen LogP contribution in [-0.4, -0.2) is 62.9 Å². The van der Waals surface area contributed by atoms with Crippen LogP contribution in [0, 0.1) is 0 Å². The Labute approximate surface area is 234 Å². The SMILES string of the molecule is CCCCCCCCCCCCOCC(C(COCCCCCCCCCCCC)S(=O)(=O)O)S(=O)(=O)O. The number of ether oxygens (including phenoxy) is 2. The fourth-order valence-electron chi connectivity index (χ4n) is 4.55. The molecule has 0 aliphatic rings. The first kappa shape index (κ1) is 37.7. The molecule has 0 rings (SSSR count). The van der Waals surface area contributed by atoms with E-state index in [1.165, 1.54) is 77.0 Å². The molecule has 2 unspecified atom stereocenters. The van der Waals surface area contributed by atoms with Crippen molar-refractivity contribution in [2.24, 2.45) is 0 Å². The van der Waals surface area contributed by atoms with Crippen molar-refractivity contribution in [1.29, 1.82) is 0 Å². The van der Waals surface area contributed by atoms with Gasteiger partial charge in [0.25, 0.3) is 20.2 Å². The smallest absolute Gasteiger partial charge is 0.271 e. The van der Waals surface area contributed by atoms with Crippen LogP contribution < -0.4 is 0 Å². The van der Waals surface area contributed by atoms with Crippen molar-refractivity contribution in [1.82, 2.24) is 0 Å². The summed E-state index contributed by atoms with van der Waals surface area (Å²) in [6.07, 6.45) is 23.0. The van der Waals surface area contributed by atoms with Gasteiger partial charge in [0, 0.05) is 13.2 Å². The standard InChI is InChI=1S/C28H58O8S2/c1-3-5-7-9-11-13-15-17-19-21-23-35-25-27(37(29,30)31)28(38(32,33)34)26-36-24-22-20-18-16-14-12-10-8-6-4-2/h27-28H,3-26H2,1-2H3,(H,29,30,31)(H,32,33,34). The van der Waals surface area contributed by atoms with E-state index >= 15 is 0 Å². The van der Waals surface area contributed by atoms with Gasteiger partial charge in [0.2, 0.25) is 0 Å². The van der Waals surface area contributed by atoms with E-state index < -0.39 is 43.9 Å². The summed E-state index contributed by atoms with van der Waals surface area (Å²) in [5.41, 5.74) is 0. The molecule has 0 radical (unpaired) electrons. The molecule has 0 aliphatic heterocycles. The first-order valence-electron chi connectivity index (χ1n) is 15.2. The van der Waals surface area contributed by atoms with E-state index in [0.717, 1.165) is 51.4 Å². The van der Waals surface area contributed by atoms with Gasteiger partial charge in [-0.1, -0.05) is 129 Å². The number of rotatable bonds is 29. The van der Waals surface area contributed by atoms with Crippen molar-refractivity contribution in [2.45, 2.75) is 153 Å². The van der Waals surface area contributed by atoms with Crippen molar-refractivity contribution in [3.05, 3.63) is 0 Å². The molecule has 38 heavy (non-hydrogen) atoms. The van der Waals surface area contributed by atoms with Crippen molar-refractivity contribution in [3.8, 4) is 0 Å². The summed E-state index contributed by atoms with van der Waals surface area (Å²) in [4.78, 5) is 0. The predicted molar refractivity (Wildman–Crippen MR) is 156 cm³/mol. The zero-order valence-electron chi connectivity index (χ0n) is 24.3. The highest BCUT2D eigenvalue weighted by Gasteiger charge is 2.40. The molecule has 0 aromatic carbocycles. The molecule has 0 spiro atoms. The lowest BCUT2D eigenvalue weighted by Crippen LogP contribution is -2.45. The van der Waals surface area contributed by atoms with Gasteiger partial charge in [0.05, 0.1) is 13.2 Å². The van der Waals surface area contributed by atoms with Crippen molar-refractivity contribution < 1.29 is 35.4 Å². The van der Waals surface area contributed by atoms with Crippen LogP contribution in [0.15, 0.2) is 0 Å². The van der Waals surface area contributed by atoms with Crippen LogP contribution in [-0.2, 0) is 29.7 Å². The lowest BCUT2D eigenvalue weighted by Gasteiger charge is -2.22. The second-order valence-corrected chi connectivity index (χ2v) is 13.9.